The smallest absolute Gasteiger partial charge is 0.313 e. The van der Waals surface area contributed by atoms with Crippen LogP contribution in [-0.2, 0) is 14.3 Å². The minimum Gasteiger partial charge on any atom is -0.460 e. The first-order valence-corrected chi connectivity index (χ1v) is 5.19. The Labute approximate surface area is 91.5 Å². The second kappa shape index (κ2) is 6.38. The van der Waals surface area contributed by atoms with Crippen LogP contribution in [0.3, 0.4) is 0 Å². The molecule has 86 valence electrons. The Balaban J connectivity index is 3.77. The number of carbonyl (C=O) groups is 2. The molecule has 0 N–H and O–H groups in total. The molecule has 3 heteroatoms. The molecule has 0 heterocycles. The molecule has 15 heavy (non-hydrogen) atoms. The van der Waals surface area contributed by atoms with Crippen molar-refractivity contribution < 1.29 is 14.3 Å². The molecule has 0 aliphatic carbocycles. The molecule has 0 amide bonds. The van der Waals surface area contributed by atoms with Crippen molar-refractivity contribution in [2.75, 3.05) is 0 Å². The van der Waals surface area contributed by atoms with E-state index in [-0.39, 0.29) is 12.2 Å². The molecule has 0 aliphatic heterocycles. The fourth-order valence-corrected chi connectivity index (χ4v) is 1.07. The number of hydrogen-bond acceptors (Lipinski definition) is 3. The molecule has 0 spiro atoms. The highest BCUT2D eigenvalue weighted by Gasteiger charge is 2.18. The number of hydrogen-bond donors (Lipinski definition) is 0. The summed E-state index contributed by atoms with van der Waals surface area (Å²) >= 11 is 0. The summed E-state index contributed by atoms with van der Waals surface area (Å²) in [7, 11) is 0. The van der Waals surface area contributed by atoms with Gasteiger partial charge in [-0.3, -0.25) is 9.59 Å². The van der Waals surface area contributed by atoms with Crippen molar-refractivity contribution in [1.29, 1.82) is 0 Å². The Hall–Kier alpha value is -1.12. The highest BCUT2D eigenvalue weighted by molar-refractivity contribution is 5.95. The standard InChI is InChI=1S/C12H20O3/c1-5-6-7-8-10(13)9-11(14)15-12(2,3)4/h5H,1,6-9H2,2-4H3. The van der Waals surface area contributed by atoms with Crippen LogP contribution in [0.4, 0.5) is 0 Å². The van der Waals surface area contributed by atoms with E-state index in [1.54, 1.807) is 26.8 Å². The van der Waals surface area contributed by atoms with Crippen LogP contribution >= 0.6 is 0 Å². The van der Waals surface area contributed by atoms with Crippen LogP contribution in [0, 0.1) is 0 Å². The maximum Gasteiger partial charge on any atom is 0.313 e. The highest BCUT2D eigenvalue weighted by Crippen LogP contribution is 2.09. The van der Waals surface area contributed by atoms with Crippen molar-refractivity contribution >= 4 is 11.8 Å². The monoisotopic (exact) mass is 212 g/mol. The van der Waals surface area contributed by atoms with E-state index in [2.05, 4.69) is 6.58 Å². The van der Waals surface area contributed by atoms with E-state index in [1.807, 2.05) is 0 Å². The van der Waals surface area contributed by atoms with Crippen LogP contribution < -0.4 is 0 Å². The summed E-state index contributed by atoms with van der Waals surface area (Å²) in [5.41, 5.74) is -0.515. The van der Waals surface area contributed by atoms with Gasteiger partial charge in [0.15, 0.2) is 0 Å². The predicted molar refractivity (Wildman–Crippen MR) is 59.5 cm³/mol. The summed E-state index contributed by atoms with van der Waals surface area (Å²) in [5.74, 6) is -0.503. The normalized spacial score (nSPS) is 10.9. The zero-order valence-corrected chi connectivity index (χ0v) is 9.84. The molecule has 0 aromatic rings. The van der Waals surface area contributed by atoms with Gasteiger partial charge in [-0.05, 0) is 33.6 Å². The molecule has 0 bridgehead atoms. The number of Topliss-reactive ketones (excluding diaryl/α,β-unsaturated/α-hetero) is 1. The summed E-state index contributed by atoms with van der Waals surface area (Å²) in [5, 5.41) is 0. The van der Waals surface area contributed by atoms with Crippen molar-refractivity contribution in [3.05, 3.63) is 12.7 Å². The van der Waals surface area contributed by atoms with Crippen molar-refractivity contribution in [2.45, 2.75) is 52.1 Å². The minimum atomic E-state index is -0.515. The molecule has 0 radical (unpaired) electrons. The van der Waals surface area contributed by atoms with Gasteiger partial charge in [-0.2, -0.15) is 0 Å². The SMILES string of the molecule is C=CCCCC(=O)CC(=O)OC(C)(C)C. The van der Waals surface area contributed by atoms with Crippen molar-refractivity contribution in [2.24, 2.45) is 0 Å². The molecule has 0 atom stereocenters. The fraction of sp³-hybridized carbons (Fsp3) is 0.667. The lowest BCUT2D eigenvalue weighted by Gasteiger charge is -2.19. The van der Waals surface area contributed by atoms with Crippen molar-refractivity contribution in [1.82, 2.24) is 0 Å². The quantitative estimate of drug-likeness (QED) is 0.294. The molecular weight excluding hydrogens is 192 g/mol. The average molecular weight is 212 g/mol. The van der Waals surface area contributed by atoms with Crippen LogP contribution in [0.15, 0.2) is 12.7 Å². The van der Waals surface area contributed by atoms with E-state index >= 15 is 0 Å². The second-order valence-corrected chi connectivity index (χ2v) is 4.48. The maximum absolute atomic E-state index is 11.3. The molecule has 0 unspecified atom stereocenters. The zero-order valence-electron chi connectivity index (χ0n) is 9.84. The van der Waals surface area contributed by atoms with Crippen LogP contribution in [0.25, 0.3) is 0 Å². The average Bonchev–Trinajstić information content (AvgIpc) is 2.00. The van der Waals surface area contributed by atoms with E-state index in [1.165, 1.54) is 0 Å². The van der Waals surface area contributed by atoms with Gasteiger partial charge < -0.3 is 4.74 Å². The number of ether oxygens (including phenoxy) is 1. The van der Waals surface area contributed by atoms with Gasteiger partial charge in [-0.25, -0.2) is 0 Å². The molecule has 0 aromatic carbocycles. The predicted octanol–water partition coefficient (Wildman–Crippen LogP) is 2.64. The van der Waals surface area contributed by atoms with Crippen LogP contribution in [-0.4, -0.2) is 17.4 Å². The summed E-state index contributed by atoms with van der Waals surface area (Å²) in [6, 6.07) is 0. The second-order valence-electron chi connectivity index (χ2n) is 4.48. The van der Waals surface area contributed by atoms with Crippen LogP contribution in [0.5, 0.6) is 0 Å². The van der Waals surface area contributed by atoms with Gasteiger partial charge in [-0.15, -0.1) is 6.58 Å². The van der Waals surface area contributed by atoms with Crippen molar-refractivity contribution in [3.8, 4) is 0 Å². The molecule has 0 aromatic heterocycles. The van der Waals surface area contributed by atoms with E-state index in [4.69, 9.17) is 4.74 Å². The minimum absolute atomic E-state index is 0.0638. The lowest BCUT2D eigenvalue weighted by molar-refractivity contribution is -0.156. The summed E-state index contributed by atoms with van der Waals surface area (Å²) in [6.45, 7) is 8.92. The van der Waals surface area contributed by atoms with Gasteiger partial charge in [0.25, 0.3) is 0 Å². The van der Waals surface area contributed by atoms with Gasteiger partial charge in [-0.1, -0.05) is 6.08 Å². The van der Waals surface area contributed by atoms with Gasteiger partial charge >= 0.3 is 5.97 Å². The number of carbonyl (C=O) groups excluding carboxylic acids is 2. The third-order valence-electron chi connectivity index (χ3n) is 1.63. The molecule has 0 fully saturated rings. The molecule has 3 nitrogen and oxygen atoms in total. The van der Waals surface area contributed by atoms with Gasteiger partial charge in [0.1, 0.15) is 17.8 Å². The van der Waals surface area contributed by atoms with E-state index < -0.39 is 11.6 Å². The molecule has 0 saturated carbocycles. The van der Waals surface area contributed by atoms with Gasteiger partial charge in [0.05, 0.1) is 0 Å². The van der Waals surface area contributed by atoms with Gasteiger partial charge in [0.2, 0.25) is 0 Å². The molecular formula is C12H20O3. The lowest BCUT2D eigenvalue weighted by atomic mass is 10.1. The first-order chi connectivity index (χ1) is 6.85. The number of rotatable bonds is 6. The number of unbranched alkanes of at least 4 members (excludes halogenated alkanes) is 1. The summed E-state index contributed by atoms with van der Waals surface area (Å²) < 4.78 is 5.03. The van der Waals surface area contributed by atoms with E-state index in [9.17, 15) is 9.59 Å². The number of allylic oxidation sites excluding steroid dienone is 1. The van der Waals surface area contributed by atoms with Gasteiger partial charge in [0, 0.05) is 6.42 Å². The third kappa shape index (κ3) is 9.19. The summed E-state index contributed by atoms with van der Waals surface area (Å²) in [6.07, 6.45) is 3.63. The molecule has 0 rings (SSSR count). The Morgan fingerprint density at radius 1 is 1.33 bits per heavy atom. The maximum atomic E-state index is 11.3. The Morgan fingerprint density at radius 3 is 2.40 bits per heavy atom. The van der Waals surface area contributed by atoms with Crippen LogP contribution in [0.1, 0.15) is 46.5 Å². The first kappa shape index (κ1) is 13.9. The Kier molecular flexibility index (Phi) is 5.90. The molecule has 0 aliphatic rings. The largest absolute Gasteiger partial charge is 0.460 e. The number of ketones is 1. The Bertz CT molecular complexity index is 236. The topological polar surface area (TPSA) is 43.4 Å². The first-order valence-electron chi connectivity index (χ1n) is 5.19. The lowest BCUT2D eigenvalue weighted by Crippen LogP contribution is -2.25. The zero-order chi connectivity index (χ0) is 11.9. The fourth-order valence-electron chi connectivity index (χ4n) is 1.07. The van der Waals surface area contributed by atoms with E-state index in [0.29, 0.717) is 6.42 Å². The Morgan fingerprint density at radius 2 is 1.93 bits per heavy atom. The summed E-state index contributed by atoms with van der Waals surface area (Å²) in [4.78, 5) is 22.5. The van der Waals surface area contributed by atoms with Crippen molar-refractivity contribution in [3.63, 3.8) is 0 Å². The molecule has 0 saturated heterocycles. The number of esters is 1. The highest BCUT2D eigenvalue weighted by atomic mass is 16.6. The van der Waals surface area contributed by atoms with Crippen LogP contribution in [0.2, 0.25) is 0 Å². The van der Waals surface area contributed by atoms with E-state index in [0.717, 1.165) is 12.8 Å². The third-order valence-corrected chi connectivity index (χ3v) is 1.63.